The minimum Gasteiger partial charge on any atom is -0.385 e. The van der Waals surface area contributed by atoms with Gasteiger partial charge in [-0.05, 0) is 19.3 Å². The number of nitrogens with zero attached hydrogens (tertiary/aromatic N) is 1. The van der Waals surface area contributed by atoms with Crippen LogP contribution < -0.4 is 10.6 Å². The van der Waals surface area contributed by atoms with Crippen LogP contribution in [0.2, 0.25) is 0 Å². The van der Waals surface area contributed by atoms with Crippen molar-refractivity contribution in [1.29, 1.82) is 0 Å². The molecule has 6 heteroatoms. The molecule has 0 aromatic heterocycles. The van der Waals surface area contributed by atoms with Gasteiger partial charge in [0, 0.05) is 40.5 Å². The summed E-state index contributed by atoms with van der Waals surface area (Å²) in [6, 6.07) is 0. The Morgan fingerprint density at radius 1 is 1.47 bits per heavy atom. The fourth-order valence-electron chi connectivity index (χ4n) is 1.66. The molecular formula is C11H24IN3O2. The van der Waals surface area contributed by atoms with Crippen molar-refractivity contribution < 1.29 is 9.47 Å². The standard InChI is InChI=1S/C11H23N3O2.HI/c1-12-11(13-6-4-7-15-2)14-9-10-5-3-8-16-10;/h10H,3-9H2,1-2H3,(H2,12,13,14);1H. The molecule has 0 aromatic carbocycles. The molecule has 0 bridgehead atoms. The maximum absolute atomic E-state index is 5.53. The zero-order chi connectivity index (χ0) is 11.6. The number of hydrogen-bond donors (Lipinski definition) is 2. The van der Waals surface area contributed by atoms with Crippen molar-refractivity contribution in [1.82, 2.24) is 10.6 Å². The molecule has 0 spiro atoms. The Balaban J connectivity index is 0.00000256. The number of halogens is 1. The zero-order valence-corrected chi connectivity index (χ0v) is 13.0. The molecule has 0 aromatic rings. The quantitative estimate of drug-likeness (QED) is 0.322. The molecule has 1 atom stereocenters. The normalized spacial score (nSPS) is 19.9. The maximum atomic E-state index is 5.53. The fraction of sp³-hybridized carbons (Fsp3) is 0.909. The monoisotopic (exact) mass is 357 g/mol. The first-order valence-electron chi connectivity index (χ1n) is 5.92. The number of rotatable bonds is 6. The van der Waals surface area contributed by atoms with E-state index in [-0.39, 0.29) is 24.0 Å². The first kappa shape index (κ1) is 16.9. The van der Waals surface area contributed by atoms with Gasteiger partial charge in [0.05, 0.1) is 6.10 Å². The number of guanidine groups is 1. The van der Waals surface area contributed by atoms with E-state index in [9.17, 15) is 0 Å². The van der Waals surface area contributed by atoms with Gasteiger partial charge in [0.25, 0.3) is 0 Å². The molecule has 0 radical (unpaired) electrons. The van der Waals surface area contributed by atoms with Gasteiger partial charge < -0.3 is 20.1 Å². The van der Waals surface area contributed by atoms with E-state index >= 15 is 0 Å². The van der Waals surface area contributed by atoms with Crippen molar-refractivity contribution >= 4 is 29.9 Å². The van der Waals surface area contributed by atoms with Crippen molar-refractivity contribution in [3.8, 4) is 0 Å². The zero-order valence-electron chi connectivity index (χ0n) is 10.7. The topological polar surface area (TPSA) is 54.9 Å². The second-order valence-corrected chi connectivity index (χ2v) is 3.86. The van der Waals surface area contributed by atoms with Crippen LogP contribution in [0.3, 0.4) is 0 Å². The van der Waals surface area contributed by atoms with E-state index < -0.39 is 0 Å². The van der Waals surface area contributed by atoms with Crippen molar-refractivity contribution in [3.05, 3.63) is 0 Å². The highest BCUT2D eigenvalue weighted by Gasteiger charge is 2.15. The molecule has 1 aliphatic rings. The molecule has 102 valence electrons. The van der Waals surface area contributed by atoms with Crippen LogP contribution in [0.5, 0.6) is 0 Å². The van der Waals surface area contributed by atoms with Gasteiger partial charge in [0.15, 0.2) is 5.96 Å². The average molecular weight is 357 g/mol. The van der Waals surface area contributed by atoms with E-state index in [1.807, 2.05) is 0 Å². The lowest BCUT2D eigenvalue weighted by Crippen LogP contribution is -2.41. The second-order valence-electron chi connectivity index (χ2n) is 3.86. The summed E-state index contributed by atoms with van der Waals surface area (Å²) in [5, 5.41) is 6.49. The molecule has 0 amide bonds. The Kier molecular flexibility index (Phi) is 11.0. The lowest BCUT2D eigenvalue weighted by atomic mass is 10.2. The summed E-state index contributed by atoms with van der Waals surface area (Å²) in [6.07, 6.45) is 3.65. The molecule has 1 aliphatic heterocycles. The highest BCUT2D eigenvalue weighted by molar-refractivity contribution is 14.0. The molecular weight excluding hydrogens is 333 g/mol. The van der Waals surface area contributed by atoms with Crippen LogP contribution in [0.15, 0.2) is 4.99 Å². The number of hydrogen-bond acceptors (Lipinski definition) is 3. The SMILES string of the molecule is CN=C(NCCCOC)NCC1CCCO1.I. The number of methoxy groups -OCH3 is 1. The Bertz CT molecular complexity index is 209. The van der Waals surface area contributed by atoms with Crippen LogP contribution in [0, 0.1) is 0 Å². The summed E-state index contributed by atoms with van der Waals surface area (Å²) in [7, 11) is 3.49. The number of aliphatic imine (C=N–C) groups is 1. The highest BCUT2D eigenvalue weighted by atomic mass is 127. The molecule has 2 N–H and O–H groups in total. The summed E-state index contributed by atoms with van der Waals surface area (Å²) < 4.78 is 10.5. The minimum absolute atomic E-state index is 0. The molecule has 1 unspecified atom stereocenters. The van der Waals surface area contributed by atoms with Gasteiger partial charge in [0.2, 0.25) is 0 Å². The van der Waals surface area contributed by atoms with E-state index in [0.717, 1.165) is 45.1 Å². The van der Waals surface area contributed by atoms with Gasteiger partial charge in [-0.25, -0.2) is 0 Å². The highest BCUT2D eigenvalue weighted by Crippen LogP contribution is 2.10. The van der Waals surface area contributed by atoms with Gasteiger partial charge in [-0.2, -0.15) is 0 Å². The Labute approximate surface area is 121 Å². The molecule has 5 nitrogen and oxygen atoms in total. The van der Waals surface area contributed by atoms with Gasteiger partial charge in [-0.1, -0.05) is 0 Å². The van der Waals surface area contributed by atoms with E-state index in [1.165, 1.54) is 6.42 Å². The molecule has 1 rings (SSSR count). The van der Waals surface area contributed by atoms with E-state index in [4.69, 9.17) is 9.47 Å². The van der Waals surface area contributed by atoms with Crippen LogP contribution in [0.1, 0.15) is 19.3 Å². The minimum atomic E-state index is 0. The predicted octanol–water partition coefficient (Wildman–Crippen LogP) is 0.985. The van der Waals surface area contributed by atoms with Crippen LogP contribution in [0.25, 0.3) is 0 Å². The predicted molar refractivity (Wildman–Crippen MR) is 80.2 cm³/mol. The fourth-order valence-corrected chi connectivity index (χ4v) is 1.66. The Hall–Kier alpha value is -0.0800. The van der Waals surface area contributed by atoms with E-state index in [0.29, 0.717) is 6.10 Å². The lowest BCUT2D eigenvalue weighted by Gasteiger charge is -2.14. The smallest absolute Gasteiger partial charge is 0.191 e. The number of nitrogens with one attached hydrogen (secondary N) is 2. The van der Waals surface area contributed by atoms with Crippen LogP contribution in [-0.2, 0) is 9.47 Å². The molecule has 0 saturated carbocycles. The summed E-state index contributed by atoms with van der Waals surface area (Å²) in [5.74, 6) is 0.839. The van der Waals surface area contributed by atoms with Crippen LogP contribution in [0.4, 0.5) is 0 Å². The van der Waals surface area contributed by atoms with Gasteiger partial charge >= 0.3 is 0 Å². The molecule has 0 aliphatic carbocycles. The van der Waals surface area contributed by atoms with Crippen molar-refractivity contribution in [2.75, 3.05) is 40.5 Å². The molecule has 1 heterocycles. The van der Waals surface area contributed by atoms with Crippen molar-refractivity contribution in [2.24, 2.45) is 4.99 Å². The van der Waals surface area contributed by atoms with Gasteiger partial charge in [-0.3, -0.25) is 4.99 Å². The summed E-state index contributed by atoms with van der Waals surface area (Å²) >= 11 is 0. The average Bonchev–Trinajstić information content (AvgIpc) is 2.81. The first-order valence-corrected chi connectivity index (χ1v) is 5.92. The molecule has 1 saturated heterocycles. The van der Waals surface area contributed by atoms with E-state index in [2.05, 4.69) is 15.6 Å². The molecule has 17 heavy (non-hydrogen) atoms. The Morgan fingerprint density at radius 2 is 2.29 bits per heavy atom. The van der Waals surface area contributed by atoms with Gasteiger partial charge in [0.1, 0.15) is 0 Å². The number of ether oxygens (including phenoxy) is 2. The van der Waals surface area contributed by atoms with Crippen molar-refractivity contribution in [3.63, 3.8) is 0 Å². The lowest BCUT2D eigenvalue weighted by molar-refractivity contribution is 0.113. The summed E-state index contributed by atoms with van der Waals surface area (Å²) in [4.78, 5) is 4.14. The third-order valence-corrected chi connectivity index (χ3v) is 2.56. The second kappa shape index (κ2) is 11.0. The third-order valence-electron chi connectivity index (χ3n) is 2.56. The van der Waals surface area contributed by atoms with Gasteiger partial charge in [-0.15, -0.1) is 24.0 Å². The summed E-state index contributed by atoms with van der Waals surface area (Å²) in [6.45, 7) is 3.38. The maximum Gasteiger partial charge on any atom is 0.191 e. The Morgan fingerprint density at radius 3 is 2.88 bits per heavy atom. The van der Waals surface area contributed by atoms with Crippen molar-refractivity contribution in [2.45, 2.75) is 25.4 Å². The first-order chi connectivity index (χ1) is 7.86. The van der Waals surface area contributed by atoms with Crippen LogP contribution >= 0.6 is 24.0 Å². The van der Waals surface area contributed by atoms with Crippen LogP contribution in [-0.4, -0.2) is 52.5 Å². The third kappa shape index (κ3) is 7.77. The largest absolute Gasteiger partial charge is 0.385 e. The summed E-state index contributed by atoms with van der Waals surface area (Å²) in [5.41, 5.74) is 0. The molecule has 1 fully saturated rings. The van der Waals surface area contributed by atoms with E-state index in [1.54, 1.807) is 14.2 Å².